The van der Waals surface area contributed by atoms with Crippen LogP contribution in [0.3, 0.4) is 0 Å². The minimum absolute atomic E-state index is 0.0209. The summed E-state index contributed by atoms with van der Waals surface area (Å²) in [4.78, 5) is 29.7. The lowest BCUT2D eigenvalue weighted by molar-refractivity contribution is -0.143. The van der Waals surface area contributed by atoms with Gasteiger partial charge >= 0.3 is 12.4 Å². The van der Waals surface area contributed by atoms with E-state index in [-0.39, 0.29) is 17.3 Å². The quantitative estimate of drug-likeness (QED) is 0.265. The molecule has 1 aromatic heterocycles. The van der Waals surface area contributed by atoms with Crippen LogP contribution >= 0.6 is 0 Å². The summed E-state index contributed by atoms with van der Waals surface area (Å²) >= 11 is 0. The van der Waals surface area contributed by atoms with Gasteiger partial charge in [0.25, 0.3) is 0 Å². The molecule has 1 unspecified atom stereocenters. The minimum atomic E-state index is -5.05. The third-order valence-electron chi connectivity index (χ3n) is 8.03. The van der Waals surface area contributed by atoms with Gasteiger partial charge in [0.15, 0.2) is 5.78 Å². The molecule has 45 heavy (non-hydrogen) atoms. The number of alkyl halides is 6. The number of hydrogen-bond donors (Lipinski definition) is 1. The van der Waals surface area contributed by atoms with Gasteiger partial charge in [-0.05, 0) is 94.3 Å². The second-order valence-electron chi connectivity index (χ2n) is 11.8. The van der Waals surface area contributed by atoms with E-state index in [2.05, 4.69) is 17.2 Å². The van der Waals surface area contributed by atoms with Crippen LogP contribution in [-0.2, 0) is 27.4 Å². The normalized spacial score (nSPS) is 16.6. The SMILES string of the molecule is CCCC1(NC)CC1=O.Cc1cc(-c2ccc(F)cc2C)c(N(C)C(=O)C(C)(C)c2cc(C(F)(F)F)cc(C(F)(F)F)c2)cn1. The van der Waals surface area contributed by atoms with Crippen LogP contribution < -0.4 is 10.2 Å². The van der Waals surface area contributed by atoms with Gasteiger partial charge in [0.05, 0.1) is 34.0 Å². The van der Waals surface area contributed by atoms with E-state index < -0.39 is 46.2 Å². The van der Waals surface area contributed by atoms with Crippen molar-refractivity contribution >= 4 is 17.4 Å². The van der Waals surface area contributed by atoms with Gasteiger partial charge in [-0.15, -0.1) is 0 Å². The van der Waals surface area contributed by atoms with E-state index in [1.807, 2.05) is 7.05 Å². The number of aromatic nitrogens is 1. The standard InChI is InChI=1S/C26H23F7N2O.C7H13NO/c1-14-8-19(27)6-7-20(14)21-9-15(2)34-13-22(21)35(5)23(36)24(3,4)16-10-17(25(28,29)30)12-18(11-16)26(31,32)33;1-3-4-7(8-2)5-6(7)9/h6-13H,1-5H3;8H,3-5H2,1-2H3. The Hall–Kier alpha value is -3.80. The van der Waals surface area contributed by atoms with Crippen molar-refractivity contribution in [1.29, 1.82) is 0 Å². The third-order valence-corrected chi connectivity index (χ3v) is 8.03. The molecular formula is C33H36F7N3O2. The molecule has 5 nitrogen and oxygen atoms in total. The molecule has 1 N–H and O–H groups in total. The molecule has 1 amide bonds. The first-order chi connectivity index (χ1) is 20.7. The Kier molecular flexibility index (Phi) is 10.2. The lowest BCUT2D eigenvalue weighted by Crippen LogP contribution is -2.42. The van der Waals surface area contributed by atoms with Gasteiger partial charge in [0.1, 0.15) is 5.82 Å². The van der Waals surface area contributed by atoms with Crippen molar-refractivity contribution in [2.45, 2.75) is 77.2 Å². The van der Waals surface area contributed by atoms with Crippen molar-refractivity contribution < 1.29 is 40.3 Å². The molecule has 1 saturated carbocycles. The molecule has 0 bridgehead atoms. The molecule has 0 saturated heterocycles. The molecule has 12 heteroatoms. The Morgan fingerprint density at radius 2 is 1.47 bits per heavy atom. The molecule has 1 aliphatic carbocycles. The van der Waals surface area contributed by atoms with E-state index in [0.717, 1.165) is 24.2 Å². The van der Waals surface area contributed by atoms with E-state index >= 15 is 0 Å². The number of Topliss-reactive ketones (excluding diaryl/α,β-unsaturated/α-hetero) is 1. The number of carbonyl (C=O) groups is 2. The number of pyridine rings is 1. The first-order valence-electron chi connectivity index (χ1n) is 14.2. The summed E-state index contributed by atoms with van der Waals surface area (Å²) < 4.78 is 94.0. The summed E-state index contributed by atoms with van der Waals surface area (Å²) in [6, 6.07) is 6.87. The number of nitrogens with one attached hydrogen (secondary N) is 1. The van der Waals surface area contributed by atoms with Crippen LogP contribution in [0.1, 0.15) is 68.0 Å². The Morgan fingerprint density at radius 3 is 1.89 bits per heavy atom. The molecular weight excluding hydrogens is 603 g/mol. The fourth-order valence-corrected chi connectivity index (χ4v) is 5.17. The molecule has 3 aromatic rings. The van der Waals surface area contributed by atoms with Crippen LogP contribution in [0.5, 0.6) is 0 Å². The van der Waals surface area contributed by atoms with Gasteiger partial charge in [-0.25, -0.2) is 4.39 Å². The lowest BCUT2D eigenvalue weighted by atomic mass is 9.81. The molecule has 1 atom stereocenters. The maximum atomic E-state index is 13.7. The van der Waals surface area contributed by atoms with Crippen LogP contribution in [0.25, 0.3) is 11.1 Å². The Bertz CT molecular complexity index is 1550. The summed E-state index contributed by atoms with van der Waals surface area (Å²) in [6.45, 7) is 7.99. The third kappa shape index (κ3) is 7.89. The Balaban J connectivity index is 0.000000525. The number of carbonyl (C=O) groups excluding carboxylic acids is 2. The van der Waals surface area contributed by atoms with Crippen molar-refractivity contribution in [3.05, 3.63) is 82.4 Å². The van der Waals surface area contributed by atoms with Crippen molar-refractivity contribution in [3.8, 4) is 11.1 Å². The zero-order valence-corrected chi connectivity index (χ0v) is 26.1. The first-order valence-corrected chi connectivity index (χ1v) is 14.2. The first kappa shape index (κ1) is 35.7. The Morgan fingerprint density at radius 1 is 0.933 bits per heavy atom. The van der Waals surface area contributed by atoms with Crippen LogP contribution in [0.4, 0.5) is 36.4 Å². The highest BCUT2D eigenvalue weighted by molar-refractivity contribution is 6.05. The molecule has 1 aliphatic rings. The summed E-state index contributed by atoms with van der Waals surface area (Å²) in [5, 5.41) is 3.05. The second-order valence-corrected chi connectivity index (χ2v) is 11.8. The second kappa shape index (κ2) is 12.9. The van der Waals surface area contributed by atoms with Crippen LogP contribution in [0, 0.1) is 19.7 Å². The summed E-state index contributed by atoms with van der Waals surface area (Å²) in [5.41, 5.74) is -2.81. The number of benzene rings is 2. The van der Waals surface area contributed by atoms with Gasteiger partial charge in [-0.2, -0.15) is 26.3 Å². The lowest BCUT2D eigenvalue weighted by Gasteiger charge is -2.32. The molecule has 4 rings (SSSR count). The number of hydrogen-bond acceptors (Lipinski definition) is 4. The maximum absolute atomic E-state index is 13.7. The predicted molar refractivity (Wildman–Crippen MR) is 158 cm³/mol. The van der Waals surface area contributed by atoms with Crippen molar-refractivity contribution in [3.63, 3.8) is 0 Å². The summed E-state index contributed by atoms with van der Waals surface area (Å²) in [7, 11) is 3.22. The average molecular weight is 640 g/mol. The monoisotopic (exact) mass is 639 g/mol. The molecule has 2 aromatic carbocycles. The van der Waals surface area contributed by atoms with Crippen molar-refractivity contribution in [2.75, 3.05) is 19.0 Å². The van der Waals surface area contributed by atoms with Crippen molar-refractivity contribution in [2.24, 2.45) is 0 Å². The molecule has 1 fully saturated rings. The predicted octanol–water partition coefficient (Wildman–Crippen LogP) is 8.20. The van der Waals surface area contributed by atoms with E-state index in [1.165, 1.54) is 45.3 Å². The van der Waals surface area contributed by atoms with Gasteiger partial charge in [0.2, 0.25) is 5.91 Å². The zero-order valence-electron chi connectivity index (χ0n) is 26.1. The molecule has 0 radical (unpaired) electrons. The van der Waals surface area contributed by atoms with Crippen LogP contribution in [0.2, 0.25) is 0 Å². The number of likely N-dealkylation sites (N-methyl/N-ethyl adjacent to an activating group) is 2. The molecule has 1 heterocycles. The maximum Gasteiger partial charge on any atom is 0.416 e. The number of rotatable bonds is 7. The minimum Gasteiger partial charge on any atom is -0.313 e. The van der Waals surface area contributed by atoms with Crippen LogP contribution in [-0.4, -0.2) is 36.3 Å². The summed E-state index contributed by atoms with van der Waals surface area (Å²) in [6.07, 6.45) is -5.87. The van der Waals surface area contributed by atoms with Crippen molar-refractivity contribution in [1.82, 2.24) is 10.3 Å². The fourth-order valence-electron chi connectivity index (χ4n) is 5.17. The number of nitrogens with zero attached hydrogens (tertiary/aromatic N) is 2. The highest BCUT2D eigenvalue weighted by atomic mass is 19.4. The van der Waals surface area contributed by atoms with E-state index in [1.54, 1.807) is 19.9 Å². The zero-order chi connectivity index (χ0) is 34.1. The number of anilines is 1. The van der Waals surface area contributed by atoms with Gasteiger partial charge in [-0.3, -0.25) is 14.6 Å². The van der Waals surface area contributed by atoms with Gasteiger partial charge in [-0.1, -0.05) is 19.4 Å². The van der Waals surface area contributed by atoms with Gasteiger partial charge in [0, 0.05) is 24.7 Å². The van der Waals surface area contributed by atoms with E-state index in [4.69, 9.17) is 0 Å². The highest BCUT2D eigenvalue weighted by Crippen LogP contribution is 2.41. The number of ketones is 1. The smallest absolute Gasteiger partial charge is 0.313 e. The highest BCUT2D eigenvalue weighted by Gasteiger charge is 2.51. The number of amides is 1. The Labute approximate surface area is 257 Å². The summed E-state index contributed by atoms with van der Waals surface area (Å²) in [5.74, 6) is -0.840. The van der Waals surface area contributed by atoms with Gasteiger partial charge < -0.3 is 10.2 Å². The average Bonchev–Trinajstić information content (AvgIpc) is 3.60. The number of aryl methyl sites for hydroxylation is 2. The topological polar surface area (TPSA) is 62.3 Å². The van der Waals surface area contributed by atoms with E-state index in [9.17, 15) is 40.3 Å². The fraction of sp³-hybridized carbons (Fsp3) is 0.424. The molecule has 0 spiro atoms. The molecule has 0 aliphatic heterocycles. The molecule has 244 valence electrons. The number of halogens is 7. The van der Waals surface area contributed by atoms with E-state index in [0.29, 0.717) is 40.3 Å². The van der Waals surface area contributed by atoms with Crippen LogP contribution in [0.15, 0.2) is 48.7 Å². The largest absolute Gasteiger partial charge is 0.416 e.